The second-order valence-corrected chi connectivity index (χ2v) is 7.46. The molecule has 27 heavy (non-hydrogen) atoms. The maximum atomic E-state index is 12.5. The average molecular weight is 478 g/mol. The summed E-state index contributed by atoms with van der Waals surface area (Å²) < 4.78 is 9.60. The highest BCUT2D eigenvalue weighted by Gasteiger charge is 2.20. The summed E-state index contributed by atoms with van der Waals surface area (Å²) >= 11 is 15.1. The van der Waals surface area contributed by atoms with Crippen LogP contribution in [0.15, 0.2) is 32.5 Å². The van der Waals surface area contributed by atoms with Gasteiger partial charge in [0.05, 0.1) is 11.6 Å². The summed E-state index contributed by atoms with van der Waals surface area (Å²) in [5.74, 6) is 0.382. The molecule has 2 aromatic heterocycles. The lowest BCUT2D eigenvalue weighted by Crippen LogP contribution is -2.38. The maximum absolute atomic E-state index is 12.5. The molecular weight excluding hydrogens is 463 g/mol. The number of nitrogens with zero attached hydrogens (tertiary/aromatic N) is 4. The lowest BCUT2D eigenvalue weighted by molar-refractivity contribution is 0.0929. The number of aliphatic hydroxyl groups excluding tert-OH is 1. The molecule has 1 atom stereocenters. The zero-order valence-electron chi connectivity index (χ0n) is 14.3. The van der Waals surface area contributed by atoms with Crippen LogP contribution in [0, 0.1) is 0 Å². The standard InChI is InChI=1S/C16H15BrCl2N4O4/c1-21-13-12(14(25)22(2)16(21)26)23(15(17)20-13)6-9(24)7-27-11-4-3-8(18)5-10(11)19/h3-5,9,24H,6-7H2,1-2H3/t9-/m1/s1. The van der Waals surface area contributed by atoms with Gasteiger partial charge in [-0.3, -0.25) is 13.9 Å². The molecule has 8 nitrogen and oxygen atoms in total. The fraction of sp³-hybridized carbons (Fsp3) is 0.312. The first-order valence-electron chi connectivity index (χ1n) is 7.78. The van der Waals surface area contributed by atoms with Gasteiger partial charge in [-0.2, -0.15) is 0 Å². The molecule has 0 amide bonds. The molecule has 1 N–H and O–H groups in total. The first-order valence-corrected chi connectivity index (χ1v) is 9.33. The minimum absolute atomic E-state index is 0.0235. The summed E-state index contributed by atoms with van der Waals surface area (Å²) in [4.78, 5) is 28.7. The van der Waals surface area contributed by atoms with E-state index in [4.69, 9.17) is 27.9 Å². The van der Waals surface area contributed by atoms with E-state index in [1.54, 1.807) is 12.1 Å². The van der Waals surface area contributed by atoms with Gasteiger partial charge in [-0.25, -0.2) is 9.78 Å². The van der Waals surface area contributed by atoms with Crippen molar-refractivity contribution in [1.82, 2.24) is 18.7 Å². The molecule has 0 aliphatic rings. The van der Waals surface area contributed by atoms with Crippen LogP contribution < -0.4 is 16.0 Å². The van der Waals surface area contributed by atoms with Crippen LogP contribution in [0.5, 0.6) is 5.75 Å². The van der Waals surface area contributed by atoms with Crippen LogP contribution in [0.2, 0.25) is 10.0 Å². The summed E-state index contributed by atoms with van der Waals surface area (Å²) in [7, 11) is 2.91. The van der Waals surface area contributed by atoms with Crippen LogP contribution in [0.25, 0.3) is 11.2 Å². The molecule has 0 bridgehead atoms. The summed E-state index contributed by atoms with van der Waals surface area (Å²) in [6, 6.07) is 4.76. The Hall–Kier alpha value is -1.81. The topological polar surface area (TPSA) is 91.3 Å². The van der Waals surface area contributed by atoms with Gasteiger partial charge in [0.2, 0.25) is 0 Å². The van der Waals surface area contributed by atoms with Crippen molar-refractivity contribution < 1.29 is 9.84 Å². The van der Waals surface area contributed by atoms with Crippen molar-refractivity contribution in [3.8, 4) is 5.75 Å². The van der Waals surface area contributed by atoms with Gasteiger partial charge in [0.25, 0.3) is 5.56 Å². The van der Waals surface area contributed by atoms with E-state index >= 15 is 0 Å². The number of aryl methyl sites for hydroxylation is 1. The highest BCUT2D eigenvalue weighted by Crippen LogP contribution is 2.27. The number of aliphatic hydroxyl groups is 1. The van der Waals surface area contributed by atoms with Crippen molar-refractivity contribution in [1.29, 1.82) is 0 Å². The molecule has 144 valence electrons. The summed E-state index contributed by atoms with van der Waals surface area (Å²) in [5, 5.41) is 11.2. The van der Waals surface area contributed by atoms with Crippen LogP contribution in [0.4, 0.5) is 0 Å². The molecule has 0 aliphatic carbocycles. The number of halogens is 3. The Morgan fingerprint density at radius 3 is 2.63 bits per heavy atom. The van der Waals surface area contributed by atoms with Gasteiger partial charge in [0.15, 0.2) is 15.9 Å². The normalized spacial score (nSPS) is 12.5. The quantitative estimate of drug-likeness (QED) is 0.567. The molecule has 0 radical (unpaired) electrons. The number of ether oxygens (including phenoxy) is 1. The van der Waals surface area contributed by atoms with Gasteiger partial charge >= 0.3 is 5.69 Å². The van der Waals surface area contributed by atoms with E-state index in [0.717, 1.165) is 4.57 Å². The third-order valence-corrected chi connectivity index (χ3v) is 5.16. The fourth-order valence-electron chi connectivity index (χ4n) is 2.63. The van der Waals surface area contributed by atoms with Crippen molar-refractivity contribution in [3.05, 3.63) is 53.8 Å². The smallest absolute Gasteiger partial charge is 0.332 e. The van der Waals surface area contributed by atoms with Crippen molar-refractivity contribution in [2.24, 2.45) is 14.1 Å². The zero-order valence-corrected chi connectivity index (χ0v) is 17.4. The Balaban J connectivity index is 1.87. The third-order valence-electron chi connectivity index (χ3n) is 4.02. The Labute approximate surface area is 171 Å². The molecule has 0 spiro atoms. The van der Waals surface area contributed by atoms with E-state index in [-0.39, 0.29) is 24.3 Å². The molecule has 3 aromatic rings. The van der Waals surface area contributed by atoms with Gasteiger partial charge in [-0.05, 0) is 34.1 Å². The van der Waals surface area contributed by atoms with Crippen LogP contribution in [0.1, 0.15) is 0 Å². The molecule has 0 aliphatic heterocycles. The van der Waals surface area contributed by atoms with E-state index in [1.165, 1.54) is 29.3 Å². The number of rotatable bonds is 5. The van der Waals surface area contributed by atoms with Gasteiger partial charge in [0.1, 0.15) is 18.5 Å². The average Bonchev–Trinajstić information content (AvgIpc) is 2.94. The summed E-state index contributed by atoms with van der Waals surface area (Å²) in [5.41, 5.74) is -0.551. The zero-order chi connectivity index (χ0) is 19.9. The van der Waals surface area contributed by atoms with E-state index in [0.29, 0.717) is 20.5 Å². The second kappa shape index (κ2) is 7.67. The van der Waals surface area contributed by atoms with E-state index in [9.17, 15) is 14.7 Å². The van der Waals surface area contributed by atoms with Gasteiger partial charge in [-0.1, -0.05) is 23.2 Å². The molecule has 0 saturated carbocycles. The van der Waals surface area contributed by atoms with E-state index in [2.05, 4.69) is 20.9 Å². The second-order valence-electron chi connectivity index (χ2n) is 5.91. The number of fused-ring (bicyclic) bond motifs is 1. The lowest BCUT2D eigenvalue weighted by atomic mass is 10.3. The largest absolute Gasteiger partial charge is 0.489 e. The van der Waals surface area contributed by atoms with Crippen molar-refractivity contribution >= 4 is 50.3 Å². The molecule has 0 saturated heterocycles. The van der Waals surface area contributed by atoms with Crippen LogP contribution in [-0.4, -0.2) is 36.5 Å². The molecular formula is C16H15BrCl2N4O4. The van der Waals surface area contributed by atoms with Crippen LogP contribution in [0.3, 0.4) is 0 Å². The Morgan fingerprint density at radius 2 is 1.96 bits per heavy atom. The number of aromatic nitrogens is 4. The van der Waals surface area contributed by atoms with E-state index in [1.807, 2.05) is 0 Å². The molecule has 2 heterocycles. The first kappa shape index (κ1) is 19.9. The van der Waals surface area contributed by atoms with Gasteiger partial charge in [-0.15, -0.1) is 0 Å². The third kappa shape index (κ3) is 3.77. The predicted molar refractivity (Wildman–Crippen MR) is 106 cm³/mol. The van der Waals surface area contributed by atoms with Crippen LogP contribution >= 0.6 is 39.1 Å². The number of imidazole rings is 1. The minimum Gasteiger partial charge on any atom is -0.489 e. The van der Waals surface area contributed by atoms with Gasteiger partial charge < -0.3 is 14.4 Å². The molecule has 3 rings (SSSR count). The maximum Gasteiger partial charge on any atom is 0.332 e. The number of hydrogen-bond acceptors (Lipinski definition) is 5. The SMILES string of the molecule is Cn1c(=O)c2c(nc(Br)n2C[C@@H](O)COc2ccc(Cl)cc2Cl)n(C)c1=O. The predicted octanol–water partition coefficient (Wildman–Crippen LogP) is 1.94. The molecule has 0 fully saturated rings. The van der Waals surface area contributed by atoms with Crippen LogP contribution in [-0.2, 0) is 20.6 Å². The number of benzene rings is 1. The first-order chi connectivity index (χ1) is 12.7. The molecule has 0 unspecified atom stereocenters. The Kier molecular flexibility index (Phi) is 5.66. The van der Waals surface area contributed by atoms with E-state index < -0.39 is 17.4 Å². The van der Waals surface area contributed by atoms with Crippen molar-refractivity contribution in [3.63, 3.8) is 0 Å². The summed E-state index contributed by atoms with van der Waals surface area (Å²) in [6.07, 6.45) is -0.965. The Bertz CT molecular complexity index is 1140. The molecule has 1 aromatic carbocycles. The fourth-order valence-corrected chi connectivity index (χ4v) is 3.58. The number of hydrogen-bond donors (Lipinski definition) is 1. The Morgan fingerprint density at radius 1 is 1.26 bits per heavy atom. The highest BCUT2D eigenvalue weighted by atomic mass is 79.9. The highest BCUT2D eigenvalue weighted by molar-refractivity contribution is 9.10. The van der Waals surface area contributed by atoms with Gasteiger partial charge in [0, 0.05) is 19.1 Å². The van der Waals surface area contributed by atoms with Crippen molar-refractivity contribution in [2.45, 2.75) is 12.6 Å². The monoisotopic (exact) mass is 476 g/mol. The lowest BCUT2D eigenvalue weighted by Gasteiger charge is -2.15. The van der Waals surface area contributed by atoms with Crippen molar-refractivity contribution in [2.75, 3.05) is 6.61 Å². The minimum atomic E-state index is -0.965. The molecule has 11 heteroatoms. The summed E-state index contributed by atoms with van der Waals surface area (Å²) in [6.45, 7) is -0.0463.